The van der Waals surface area contributed by atoms with Crippen LogP contribution in [0, 0.1) is 11.8 Å². The zero-order valence-electron chi connectivity index (χ0n) is 11.1. The lowest BCUT2D eigenvalue weighted by Gasteiger charge is -2.27. The minimum absolute atomic E-state index is 0.130. The van der Waals surface area contributed by atoms with Gasteiger partial charge in [0.1, 0.15) is 5.76 Å². The first-order chi connectivity index (χ1) is 9.06. The van der Waals surface area contributed by atoms with Gasteiger partial charge in [0.15, 0.2) is 4.67 Å². The number of aliphatic carboxylic acids is 1. The third kappa shape index (κ3) is 4.08. The van der Waals surface area contributed by atoms with E-state index in [4.69, 9.17) is 9.52 Å². The third-order valence-corrected chi connectivity index (χ3v) is 4.36. The highest BCUT2D eigenvalue weighted by molar-refractivity contribution is 9.10. The Morgan fingerprint density at radius 1 is 1.47 bits per heavy atom. The maximum atomic E-state index is 10.9. The fraction of sp³-hybridized carbons (Fsp3) is 0.643. The molecule has 2 N–H and O–H groups in total. The van der Waals surface area contributed by atoms with E-state index in [2.05, 4.69) is 28.2 Å². The molecule has 106 valence electrons. The van der Waals surface area contributed by atoms with Crippen molar-refractivity contribution in [3.63, 3.8) is 0 Å². The fourth-order valence-corrected chi connectivity index (χ4v) is 2.94. The molecule has 1 aliphatic rings. The molecule has 0 spiro atoms. The van der Waals surface area contributed by atoms with Crippen LogP contribution in [0.1, 0.15) is 44.4 Å². The third-order valence-electron chi connectivity index (χ3n) is 3.93. The topological polar surface area (TPSA) is 62.5 Å². The Kier molecular flexibility index (Phi) is 5.05. The number of carbonyl (C=O) groups is 1. The summed E-state index contributed by atoms with van der Waals surface area (Å²) < 4.78 is 6.26. The van der Waals surface area contributed by atoms with Crippen LogP contribution in [0.2, 0.25) is 0 Å². The van der Waals surface area contributed by atoms with E-state index in [1.165, 1.54) is 0 Å². The quantitative estimate of drug-likeness (QED) is 0.866. The van der Waals surface area contributed by atoms with E-state index in [1.54, 1.807) is 0 Å². The number of carboxylic acids is 1. The van der Waals surface area contributed by atoms with Gasteiger partial charge in [-0.3, -0.25) is 4.79 Å². The average molecular weight is 330 g/mol. The molecular formula is C14H20BrNO3. The Labute approximate surface area is 121 Å². The standard InChI is InChI=1S/C14H20BrNO3/c1-9(12-6-7-13(15)19-12)16-8-10-2-4-11(5-3-10)14(17)18/h6-7,9-11,16H,2-5,8H2,1H3,(H,17,18). The molecule has 1 aromatic rings. The van der Waals surface area contributed by atoms with Crippen LogP contribution in [0.5, 0.6) is 0 Å². The second kappa shape index (κ2) is 6.57. The SMILES string of the molecule is CC(NCC1CCC(C(=O)O)CC1)c1ccc(Br)o1. The van der Waals surface area contributed by atoms with Gasteiger partial charge in [-0.05, 0) is 73.1 Å². The molecule has 1 heterocycles. The number of halogens is 1. The minimum Gasteiger partial charge on any atom is -0.481 e. The summed E-state index contributed by atoms with van der Waals surface area (Å²) in [5.74, 6) is 0.734. The number of hydrogen-bond acceptors (Lipinski definition) is 3. The Morgan fingerprint density at radius 2 is 2.16 bits per heavy atom. The Morgan fingerprint density at radius 3 is 2.68 bits per heavy atom. The molecule has 4 nitrogen and oxygen atoms in total. The van der Waals surface area contributed by atoms with E-state index in [0.29, 0.717) is 5.92 Å². The maximum Gasteiger partial charge on any atom is 0.306 e. The fourth-order valence-electron chi connectivity index (χ4n) is 2.62. The molecule has 0 bridgehead atoms. The van der Waals surface area contributed by atoms with Gasteiger partial charge in [-0.1, -0.05) is 0 Å². The molecule has 0 aliphatic heterocycles. The van der Waals surface area contributed by atoms with Gasteiger partial charge >= 0.3 is 5.97 Å². The van der Waals surface area contributed by atoms with Crippen LogP contribution in [0.25, 0.3) is 0 Å². The van der Waals surface area contributed by atoms with Crippen molar-refractivity contribution in [1.82, 2.24) is 5.32 Å². The second-order valence-electron chi connectivity index (χ2n) is 5.33. The molecule has 1 unspecified atom stereocenters. The van der Waals surface area contributed by atoms with Gasteiger partial charge in [-0.2, -0.15) is 0 Å². The molecule has 5 heteroatoms. The molecule has 1 saturated carbocycles. The van der Waals surface area contributed by atoms with Crippen LogP contribution < -0.4 is 5.32 Å². The number of carboxylic acid groups (broad SMARTS) is 1. The first kappa shape index (κ1) is 14.6. The molecule has 0 amide bonds. The van der Waals surface area contributed by atoms with Crippen LogP contribution in [-0.2, 0) is 4.79 Å². The van der Waals surface area contributed by atoms with E-state index in [9.17, 15) is 4.79 Å². The zero-order valence-corrected chi connectivity index (χ0v) is 12.6. The minimum atomic E-state index is -0.639. The Balaban J connectivity index is 1.73. The first-order valence-corrected chi connectivity index (χ1v) is 7.57. The molecule has 0 radical (unpaired) electrons. The van der Waals surface area contributed by atoms with Crippen LogP contribution in [0.15, 0.2) is 21.2 Å². The molecule has 1 fully saturated rings. The van der Waals surface area contributed by atoms with Crippen LogP contribution in [-0.4, -0.2) is 17.6 Å². The lowest BCUT2D eigenvalue weighted by molar-refractivity contribution is -0.143. The predicted octanol–water partition coefficient (Wildman–Crippen LogP) is 3.58. The van der Waals surface area contributed by atoms with Crippen molar-refractivity contribution in [3.05, 3.63) is 22.6 Å². The van der Waals surface area contributed by atoms with Crippen molar-refractivity contribution in [2.45, 2.75) is 38.6 Å². The van der Waals surface area contributed by atoms with Gasteiger partial charge in [0, 0.05) is 0 Å². The van der Waals surface area contributed by atoms with Crippen molar-refractivity contribution < 1.29 is 14.3 Å². The summed E-state index contributed by atoms with van der Waals surface area (Å²) in [6.07, 6.45) is 3.61. The molecule has 0 aromatic carbocycles. The summed E-state index contributed by atoms with van der Waals surface area (Å²) in [6, 6.07) is 4.04. The Hall–Kier alpha value is -0.810. The van der Waals surface area contributed by atoms with Gasteiger partial charge in [-0.25, -0.2) is 0 Å². The first-order valence-electron chi connectivity index (χ1n) is 6.77. The van der Waals surface area contributed by atoms with Crippen molar-refractivity contribution >= 4 is 21.9 Å². The highest BCUT2D eigenvalue weighted by atomic mass is 79.9. The number of rotatable bonds is 5. The number of hydrogen-bond donors (Lipinski definition) is 2. The highest BCUT2D eigenvalue weighted by Gasteiger charge is 2.26. The molecule has 2 rings (SSSR count). The summed E-state index contributed by atoms with van der Waals surface area (Å²) >= 11 is 3.30. The maximum absolute atomic E-state index is 10.9. The summed E-state index contributed by atoms with van der Waals surface area (Å²) in [5, 5.41) is 12.4. The van der Waals surface area contributed by atoms with Crippen molar-refractivity contribution in [2.75, 3.05) is 6.54 Å². The lowest BCUT2D eigenvalue weighted by Crippen LogP contribution is -2.30. The molecular weight excluding hydrogens is 310 g/mol. The summed E-state index contributed by atoms with van der Waals surface area (Å²) in [4.78, 5) is 10.9. The Bertz CT molecular complexity index is 424. The number of nitrogens with one attached hydrogen (secondary N) is 1. The van der Waals surface area contributed by atoms with E-state index >= 15 is 0 Å². The average Bonchev–Trinajstić information content (AvgIpc) is 2.83. The van der Waals surface area contributed by atoms with Crippen LogP contribution in [0.4, 0.5) is 0 Å². The van der Waals surface area contributed by atoms with E-state index in [1.807, 2.05) is 12.1 Å². The molecule has 1 aromatic heterocycles. The summed E-state index contributed by atoms with van der Waals surface area (Å²) in [5.41, 5.74) is 0. The normalized spacial score (nSPS) is 25.2. The highest BCUT2D eigenvalue weighted by Crippen LogP contribution is 2.29. The van der Waals surface area contributed by atoms with Gasteiger partial charge in [0.05, 0.1) is 12.0 Å². The largest absolute Gasteiger partial charge is 0.481 e. The zero-order chi connectivity index (χ0) is 13.8. The van der Waals surface area contributed by atoms with Gasteiger partial charge in [0.2, 0.25) is 0 Å². The van der Waals surface area contributed by atoms with Crippen LogP contribution >= 0.6 is 15.9 Å². The van der Waals surface area contributed by atoms with Gasteiger partial charge in [0.25, 0.3) is 0 Å². The molecule has 0 saturated heterocycles. The molecule has 19 heavy (non-hydrogen) atoms. The van der Waals surface area contributed by atoms with Crippen molar-refractivity contribution in [1.29, 1.82) is 0 Å². The predicted molar refractivity (Wildman–Crippen MR) is 75.9 cm³/mol. The lowest BCUT2D eigenvalue weighted by atomic mass is 9.82. The van der Waals surface area contributed by atoms with Crippen molar-refractivity contribution in [2.24, 2.45) is 11.8 Å². The second-order valence-corrected chi connectivity index (χ2v) is 6.11. The summed E-state index contributed by atoms with van der Waals surface area (Å²) in [6.45, 7) is 3.00. The van der Waals surface area contributed by atoms with E-state index < -0.39 is 5.97 Å². The van der Waals surface area contributed by atoms with Gasteiger partial charge in [-0.15, -0.1) is 0 Å². The smallest absolute Gasteiger partial charge is 0.306 e. The van der Waals surface area contributed by atoms with Gasteiger partial charge < -0.3 is 14.8 Å². The monoisotopic (exact) mass is 329 g/mol. The van der Waals surface area contributed by atoms with Crippen LogP contribution in [0.3, 0.4) is 0 Å². The summed E-state index contributed by atoms with van der Waals surface area (Å²) in [7, 11) is 0. The molecule has 1 atom stereocenters. The van der Waals surface area contributed by atoms with E-state index in [-0.39, 0.29) is 12.0 Å². The van der Waals surface area contributed by atoms with Crippen molar-refractivity contribution in [3.8, 4) is 0 Å². The molecule has 1 aliphatic carbocycles. The number of furan rings is 1. The van der Waals surface area contributed by atoms with E-state index in [0.717, 1.165) is 42.7 Å².